The molecule has 5 rings (SSSR count). The van der Waals surface area contributed by atoms with Gasteiger partial charge in [0.25, 0.3) is 11.3 Å². The topological polar surface area (TPSA) is 102 Å². The Morgan fingerprint density at radius 2 is 1.79 bits per heavy atom. The van der Waals surface area contributed by atoms with Gasteiger partial charge in [0.1, 0.15) is 11.3 Å². The SMILES string of the molecule is Cc1nc2ncnn2c(C)c1CC(=O)N1CCN(c2cnn(-c3ccccc3)c(=O)c2Cl)CC1. The predicted octanol–water partition coefficient (Wildman–Crippen LogP) is 1.83. The number of hydrogen-bond donors (Lipinski definition) is 0. The quantitative estimate of drug-likeness (QED) is 0.441. The zero-order valence-corrected chi connectivity index (χ0v) is 19.6. The monoisotopic (exact) mass is 478 g/mol. The first-order valence-corrected chi connectivity index (χ1v) is 11.3. The lowest BCUT2D eigenvalue weighted by Gasteiger charge is -2.36. The van der Waals surface area contributed by atoms with Crippen molar-refractivity contribution in [2.24, 2.45) is 0 Å². The summed E-state index contributed by atoms with van der Waals surface area (Å²) >= 11 is 6.45. The molecule has 4 aromatic rings. The summed E-state index contributed by atoms with van der Waals surface area (Å²) < 4.78 is 2.94. The van der Waals surface area contributed by atoms with E-state index in [1.54, 1.807) is 22.8 Å². The molecule has 34 heavy (non-hydrogen) atoms. The lowest BCUT2D eigenvalue weighted by atomic mass is 10.1. The number of benzene rings is 1. The van der Waals surface area contributed by atoms with Crippen molar-refractivity contribution in [3.8, 4) is 5.69 Å². The minimum absolute atomic E-state index is 0.0239. The van der Waals surface area contributed by atoms with Gasteiger partial charge in [-0.25, -0.2) is 9.50 Å². The second kappa shape index (κ2) is 8.86. The molecular weight excluding hydrogens is 456 g/mol. The molecule has 1 fully saturated rings. The zero-order valence-electron chi connectivity index (χ0n) is 18.8. The van der Waals surface area contributed by atoms with E-state index >= 15 is 0 Å². The molecule has 174 valence electrons. The fourth-order valence-corrected chi connectivity index (χ4v) is 4.52. The number of rotatable bonds is 4. The summed E-state index contributed by atoms with van der Waals surface area (Å²) in [5.74, 6) is 0.551. The van der Waals surface area contributed by atoms with Gasteiger partial charge in [-0.05, 0) is 26.0 Å². The summed E-state index contributed by atoms with van der Waals surface area (Å²) in [6.07, 6.45) is 3.31. The van der Waals surface area contributed by atoms with Crippen molar-refractivity contribution in [3.63, 3.8) is 0 Å². The van der Waals surface area contributed by atoms with Crippen LogP contribution in [0.1, 0.15) is 17.0 Å². The van der Waals surface area contributed by atoms with Gasteiger partial charge in [0, 0.05) is 43.1 Å². The Morgan fingerprint density at radius 3 is 2.53 bits per heavy atom. The number of fused-ring (bicyclic) bond motifs is 1. The maximum Gasteiger partial charge on any atom is 0.292 e. The van der Waals surface area contributed by atoms with E-state index in [1.807, 2.05) is 41.8 Å². The van der Waals surface area contributed by atoms with E-state index in [9.17, 15) is 9.59 Å². The smallest absolute Gasteiger partial charge is 0.292 e. The Morgan fingerprint density at radius 1 is 1.06 bits per heavy atom. The van der Waals surface area contributed by atoms with Crippen LogP contribution in [0, 0.1) is 13.8 Å². The molecule has 0 radical (unpaired) electrons. The Labute approximate surface area is 200 Å². The van der Waals surface area contributed by atoms with Gasteiger partial charge in [-0.2, -0.15) is 19.9 Å². The largest absolute Gasteiger partial charge is 0.365 e. The van der Waals surface area contributed by atoms with Gasteiger partial charge >= 0.3 is 0 Å². The van der Waals surface area contributed by atoms with Crippen molar-refractivity contribution in [1.82, 2.24) is 34.3 Å². The molecule has 0 bridgehead atoms. The Hall–Kier alpha value is -3.79. The number of anilines is 1. The van der Waals surface area contributed by atoms with Gasteiger partial charge in [-0.15, -0.1) is 0 Å². The maximum absolute atomic E-state index is 13.1. The van der Waals surface area contributed by atoms with E-state index in [0.29, 0.717) is 43.3 Å². The number of para-hydroxylation sites is 1. The van der Waals surface area contributed by atoms with Crippen molar-refractivity contribution >= 4 is 29.0 Å². The average Bonchev–Trinajstić information content (AvgIpc) is 3.32. The summed E-state index contributed by atoms with van der Waals surface area (Å²) in [6, 6.07) is 9.15. The third kappa shape index (κ3) is 3.90. The van der Waals surface area contributed by atoms with Crippen LogP contribution in [0.2, 0.25) is 5.02 Å². The van der Waals surface area contributed by atoms with Crippen molar-refractivity contribution in [1.29, 1.82) is 0 Å². The van der Waals surface area contributed by atoms with Crippen molar-refractivity contribution in [2.45, 2.75) is 20.3 Å². The lowest BCUT2D eigenvalue weighted by molar-refractivity contribution is -0.130. The third-order valence-electron chi connectivity index (χ3n) is 6.19. The molecule has 0 aliphatic carbocycles. The van der Waals surface area contributed by atoms with Gasteiger partial charge in [0.2, 0.25) is 5.91 Å². The molecular formula is C23H23ClN8O2. The van der Waals surface area contributed by atoms with Crippen LogP contribution in [0.15, 0.2) is 47.7 Å². The number of carbonyl (C=O) groups excluding carboxylic acids is 1. The highest BCUT2D eigenvalue weighted by Gasteiger charge is 2.25. The highest BCUT2D eigenvalue weighted by molar-refractivity contribution is 6.33. The summed E-state index contributed by atoms with van der Waals surface area (Å²) in [5.41, 5.74) is 3.37. The second-order valence-electron chi connectivity index (χ2n) is 8.17. The number of amides is 1. The number of halogens is 1. The number of hydrogen-bond acceptors (Lipinski definition) is 7. The number of nitrogens with zero attached hydrogens (tertiary/aromatic N) is 8. The Bertz CT molecular complexity index is 1420. The van der Waals surface area contributed by atoms with E-state index in [2.05, 4.69) is 20.2 Å². The van der Waals surface area contributed by atoms with Crippen LogP contribution in [-0.4, -0.2) is 66.3 Å². The number of aromatic nitrogens is 6. The highest BCUT2D eigenvalue weighted by atomic mass is 35.5. The van der Waals surface area contributed by atoms with E-state index in [1.165, 1.54) is 11.0 Å². The predicted molar refractivity (Wildman–Crippen MR) is 128 cm³/mol. The van der Waals surface area contributed by atoms with E-state index in [4.69, 9.17) is 11.6 Å². The highest BCUT2D eigenvalue weighted by Crippen LogP contribution is 2.23. The maximum atomic E-state index is 13.1. The average molecular weight is 479 g/mol. The molecule has 1 aliphatic rings. The van der Waals surface area contributed by atoms with Crippen LogP contribution < -0.4 is 10.5 Å². The Balaban J connectivity index is 1.28. The summed E-state index contributed by atoms with van der Waals surface area (Å²) in [5, 5.41) is 8.62. The van der Waals surface area contributed by atoms with E-state index in [0.717, 1.165) is 17.0 Å². The summed E-state index contributed by atoms with van der Waals surface area (Å²) in [7, 11) is 0. The molecule has 10 nitrogen and oxygen atoms in total. The first-order valence-electron chi connectivity index (χ1n) is 11.0. The van der Waals surface area contributed by atoms with Crippen LogP contribution in [-0.2, 0) is 11.2 Å². The second-order valence-corrected chi connectivity index (χ2v) is 8.55. The zero-order chi connectivity index (χ0) is 23.8. The van der Waals surface area contributed by atoms with Crippen LogP contribution in [0.25, 0.3) is 11.5 Å². The Kier molecular flexibility index (Phi) is 5.74. The van der Waals surface area contributed by atoms with E-state index in [-0.39, 0.29) is 22.9 Å². The minimum Gasteiger partial charge on any atom is -0.365 e. The fraction of sp³-hybridized carbons (Fsp3) is 0.304. The van der Waals surface area contributed by atoms with Crippen LogP contribution >= 0.6 is 11.6 Å². The fourth-order valence-electron chi connectivity index (χ4n) is 4.27. The van der Waals surface area contributed by atoms with Crippen molar-refractivity contribution in [3.05, 3.63) is 75.2 Å². The van der Waals surface area contributed by atoms with Gasteiger partial charge in [-0.1, -0.05) is 29.8 Å². The molecule has 3 aromatic heterocycles. The van der Waals surface area contributed by atoms with Crippen LogP contribution in [0.3, 0.4) is 0 Å². The van der Waals surface area contributed by atoms with Crippen LogP contribution in [0.5, 0.6) is 0 Å². The molecule has 1 amide bonds. The normalized spacial score (nSPS) is 14.1. The number of carbonyl (C=O) groups is 1. The molecule has 0 atom stereocenters. The lowest BCUT2D eigenvalue weighted by Crippen LogP contribution is -2.49. The third-order valence-corrected chi connectivity index (χ3v) is 6.55. The summed E-state index contributed by atoms with van der Waals surface area (Å²) in [4.78, 5) is 38.3. The molecule has 4 heterocycles. The van der Waals surface area contributed by atoms with Gasteiger partial charge < -0.3 is 9.80 Å². The van der Waals surface area contributed by atoms with Gasteiger partial charge in [-0.3, -0.25) is 9.59 Å². The standard InChI is InChI=1S/C23H23ClN8O2/c1-15-18(16(2)31-23(28-15)25-14-27-31)12-20(33)30-10-8-29(9-11-30)19-13-26-32(22(34)21(19)24)17-6-4-3-5-7-17/h3-7,13-14H,8-12H2,1-2H3. The minimum atomic E-state index is -0.370. The molecule has 1 aromatic carbocycles. The molecule has 1 aliphatic heterocycles. The molecule has 11 heteroatoms. The van der Waals surface area contributed by atoms with Gasteiger partial charge in [0.05, 0.1) is 24.0 Å². The van der Waals surface area contributed by atoms with Crippen LogP contribution in [0.4, 0.5) is 5.69 Å². The summed E-state index contributed by atoms with van der Waals surface area (Å²) in [6.45, 7) is 5.96. The molecule has 1 saturated heterocycles. The van der Waals surface area contributed by atoms with Crippen molar-refractivity contribution < 1.29 is 4.79 Å². The van der Waals surface area contributed by atoms with Gasteiger partial charge in [0.15, 0.2) is 0 Å². The molecule has 0 spiro atoms. The first-order chi connectivity index (χ1) is 16.4. The molecule has 0 saturated carbocycles. The molecule has 0 unspecified atom stereocenters. The molecule has 0 N–H and O–H groups in total. The number of aryl methyl sites for hydroxylation is 2. The first kappa shape index (κ1) is 22.0. The van der Waals surface area contributed by atoms with E-state index < -0.39 is 0 Å². The number of piperazine rings is 1. The van der Waals surface area contributed by atoms with Crippen molar-refractivity contribution in [2.75, 3.05) is 31.1 Å².